The maximum absolute atomic E-state index is 15.1. The van der Waals surface area contributed by atoms with Crippen molar-refractivity contribution in [3.05, 3.63) is 91.0 Å². The van der Waals surface area contributed by atoms with Crippen LogP contribution < -0.4 is 9.47 Å². The lowest BCUT2D eigenvalue weighted by Gasteiger charge is -2.16. The minimum atomic E-state index is -0.651. The number of fused-ring (bicyclic) bond motifs is 2. The van der Waals surface area contributed by atoms with Crippen LogP contribution in [-0.4, -0.2) is 57.7 Å². The number of halogens is 1. The van der Waals surface area contributed by atoms with E-state index in [-0.39, 0.29) is 30.6 Å². The Balaban J connectivity index is 1.08. The van der Waals surface area contributed by atoms with E-state index < -0.39 is 11.9 Å². The fraction of sp³-hybridized carbons (Fsp3) is 0.200. The molecule has 9 heteroatoms. The van der Waals surface area contributed by atoms with Gasteiger partial charge < -0.3 is 29.0 Å². The van der Waals surface area contributed by atoms with Gasteiger partial charge in [-0.2, -0.15) is 0 Å². The van der Waals surface area contributed by atoms with E-state index in [1.54, 1.807) is 18.5 Å². The van der Waals surface area contributed by atoms with Crippen molar-refractivity contribution in [2.75, 3.05) is 13.2 Å². The Morgan fingerprint density at radius 1 is 0.872 bits per heavy atom. The molecule has 0 saturated carbocycles. The Kier molecular flexibility index (Phi) is 5.96. The number of rotatable bonds is 6. The van der Waals surface area contributed by atoms with Crippen molar-refractivity contribution in [3.8, 4) is 39.8 Å². The summed E-state index contributed by atoms with van der Waals surface area (Å²) < 4.78 is 38.1. The van der Waals surface area contributed by atoms with Gasteiger partial charge in [-0.05, 0) is 35.4 Å². The zero-order valence-electron chi connectivity index (χ0n) is 20.7. The van der Waals surface area contributed by atoms with E-state index in [4.69, 9.17) is 18.9 Å². The number of benzene rings is 2. The number of aliphatic hydroxyl groups excluding tert-OH is 1. The van der Waals surface area contributed by atoms with Crippen molar-refractivity contribution in [2.45, 2.75) is 24.4 Å². The summed E-state index contributed by atoms with van der Waals surface area (Å²) in [7, 11) is 0. The molecule has 3 aromatic heterocycles. The van der Waals surface area contributed by atoms with Crippen molar-refractivity contribution in [1.29, 1.82) is 0 Å². The number of hydrogen-bond donors (Lipinski definition) is 2. The van der Waals surface area contributed by atoms with Gasteiger partial charge in [0, 0.05) is 23.9 Å². The van der Waals surface area contributed by atoms with Gasteiger partial charge in [-0.15, -0.1) is 0 Å². The molecular weight excluding hydrogens is 501 g/mol. The number of ether oxygens (including phenoxy) is 4. The smallest absolute Gasteiger partial charge is 0.193 e. The highest BCUT2D eigenvalue weighted by Crippen LogP contribution is 2.33. The molecule has 196 valence electrons. The number of nitrogens with one attached hydrogen (secondary N) is 1. The molecule has 0 amide bonds. The first kappa shape index (κ1) is 23.8. The van der Waals surface area contributed by atoms with Crippen molar-refractivity contribution < 1.29 is 28.4 Å². The van der Waals surface area contributed by atoms with Crippen molar-refractivity contribution in [2.24, 2.45) is 0 Å². The molecule has 2 fully saturated rings. The second kappa shape index (κ2) is 9.77. The third-order valence-electron chi connectivity index (χ3n) is 7.01. The number of aromatic amines is 1. The second-order valence-corrected chi connectivity index (χ2v) is 9.60. The third kappa shape index (κ3) is 4.61. The second-order valence-electron chi connectivity index (χ2n) is 9.60. The van der Waals surface area contributed by atoms with E-state index in [0.29, 0.717) is 40.6 Å². The average molecular weight is 526 g/mol. The van der Waals surface area contributed by atoms with Crippen LogP contribution >= 0.6 is 0 Å². The van der Waals surface area contributed by atoms with E-state index in [1.807, 2.05) is 60.7 Å². The molecule has 8 nitrogen and oxygen atoms in total. The Bertz CT molecular complexity index is 1610. The van der Waals surface area contributed by atoms with Crippen molar-refractivity contribution in [3.63, 3.8) is 0 Å². The maximum atomic E-state index is 15.1. The lowest BCUT2D eigenvalue weighted by atomic mass is 10.0. The number of aliphatic hydroxyl groups is 1. The van der Waals surface area contributed by atoms with Crippen LogP contribution in [0.1, 0.15) is 0 Å². The number of H-pyrrole nitrogens is 1. The molecule has 2 saturated heterocycles. The van der Waals surface area contributed by atoms with Crippen LogP contribution in [0.5, 0.6) is 17.4 Å². The van der Waals surface area contributed by atoms with E-state index in [0.717, 1.165) is 11.1 Å². The van der Waals surface area contributed by atoms with E-state index >= 15 is 4.39 Å². The lowest BCUT2D eigenvalue weighted by Crippen LogP contribution is -2.34. The number of hydrogen-bond acceptors (Lipinski definition) is 7. The number of nitrogens with zero attached hydrogens (tertiary/aromatic N) is 2. The van der Waals surface area contributed by atoms with Crippen LogP contribution in [-0.2, 0) is 9.47 Å². The summed E-state index contributed by atoms with van der Waals surface area (Å²) in [5.41, 5.74) is 4.03. The highest BCUT2D eigenvalue weighted by atomic mass is 19.1. The summed E-state index contributed by atoms with van der Waals surface area (Å²) in [5, 5.41) is 9.94. The van der Waals surface area contributed by atoms with Gasteiger partial charge in [-0.3, -0.25) is 4.98 Å². The lowest BCUT2D eigenvalue weighted by molar-refractivity contribution is 0.00794. The van der Waals surface area contributed by atoms with Crippen LogP contribution in [0.4, 0.5) is 4.39 Å². The molecule has 2 aliphatic rings. The molecule has 0 radical (unpaired) electrons. The predicted octanol–water partition coefficient (Wildman–Crippen LogP) is 5.13. The molecule has 39 heavy (non-hydrogen) atoms. The van der Waals surface area contributed by atoms with Gasteiger partial charge in [-0.25, -0.2) is 9.37 Å². The van der Waals surface area contributed by atoms with E-state index in [2.05, 4.69) is 15.0 Å². The summed E-state index contributed by atoms with van der Waals surface area (Å²) >= 11 is 0. The molecule has 0 aliphatic carbocycles. The normalized spacial score (nSPS) is 22.2. The van der Waals surface area contributed by atoms with Gasteiger partial charge in [-0.1, -0.05) is 36.4 Å². The fourth-order valence-electron chi connectivity index (χ4n) is 5.06. The van der Waals surface area contributed by atoms with Crippen LogP contribution in [0.25, 0.3) is 33.4 Å². The van der Waals surface area contributed by atoms with Crippen molar-refractivity contribution >= 4 is 11.0 Å². The van der Waals surface area contributed by atoms with Gasteiger partial charge in [0.2, 0.25) is 0 Å². The molecule has 0 bridgehead atoms. The van der Waals surface area contributed by atoms with E-state index in [9.17, 15) is 5.11 Å². The molecule has 4 atom stereocenters. The quantitative estimate of drug-likeness (QED) is 0.317. The monoisotopic (exact) mass is 525 g/mol. The van der Waals surface area contributed by atoms with Crippen LogP contribution in [0.15, 0.2) is 85.2 Å². The largest absolute Gasteiger partial charge is 0.470 e. The molecule has 2 aliphatic heterocycles. The van der Waals surface area contributed by atoms with Gasteiger partial charge in [0.1, 0.15) is 35.5 Å². The molecular formula is C30H24FN3O5. The predicted molar refractivity (Wildman–Crippen MR) is 141 cm³/mol. The SMILES string of the molecule is O[C@@H]1CO[C@H]2[C@@H]1OC[C@H]2Oc1cc2nc(-c3ccc(-c4ccc(Oc5cccnc5)cc4)cc3)c(F)cc2[nH]1. The fourth-order valence-corrected chi connectivity index (χ4v) is 5.06. The number of aromatic nitrogens is 3. The topological polar surface area (TPSA) is 98.7 Å². The number of pyridine rings is 2. The van der Waals surface area contributed by atoms with Gasteiger partial charge in [0.05, 0.1) is 30.4 Å². The molecule has 5 heterocycles. The standard InChI is InChI=1S/C30H24FN3O5/c31-22-12-23-24(13-27(33-23)39-26-16-37-29-25(35)15-36-30(26)29)34-28(22)19-5-3-17(4-6-19)18-7-9-20(10-8-18)38-21-2-1-11-32-14-21/h1-14,25-26,29-30,33,35H,15-16H2/t25-,26-,29-,30-/m1/s1. The molecule has 2 N–H and O–H groups in total. The average Bonchev–Trinajstić information content (AvgIpc) is 3.66. The molecule has 7 rings (SSSR count). The van der Waals surface area contributed by atoms with Crippen LogP contribution in [0.2, 0.25) is 0 Å². The maximum Gasteiger partial charge on any atom is 0.193 e. The Hall–Kier alpha value is -4.31. The summed E-state index contributed by atoms with van der Waals surface area (Å²) in [6.07, 6.45) is 1.62. The zero-order valence-corrected chi connectivity index (χ0v) is 20.7. The first-order valence-electron chi connectivity index (χ1n) is 12.7. The first-order chi connectivity index (χ1) is 19.1. The highest BCUT2D eigenvalue weighted by molar-refractivity contribution is 5.81. The Morgan fingerprint density at radius 2 is 1.62 bits per heavy atom. The van der Waals surface area contributed by atoms with Gasteiger partial charge in [0.25, 0.3) is 0 Å². The minimum Gasteiger partial charge on any atom is -0.470 e. The molecule has 5 aromatic rings. The first-order valence-corrected chi connectivity index (χ1v) is 12.7. The molecule has 0 unspecified atom stereocenters. The highest BCUT2D eigenvalue weighted by Gasteiger charge is 2.48. The van der Waals surface area contributed by atoms with Crippen molar-refractivity contribution in [1.82, 2.24) is 15.0 Å². The Morgan fingerprint density at radius 3 is 2.38 bits per heavy atom. The van der Waals surface area contributed by atoms with E-state index in [1.165, 1.54) is 6.07 Å². The van der Waals surface area contributed by atoms with Gasteiger partial charge in [0.15, 0.2) is 17.8 Å². The molecule has 0 spiro atoms. The summed E-state index contributed by atoms with van der Waals surface area (Å²) in [5.74, 6) is 1.39. The summed E-state index contributed by atoms with van der Waals surface area (Å²) in [6, 6.07) is 22.2. The third-order valence-corrected chi connectivity index (χ3v) is 7.01. The van der Waals surface area contributed by atoms with Gasteiger partial charge >= 0.3 is 0 Å². The molecule has 2 aromatic carbocycles. The summed E-state index contributed by atoms with van der Waals surface area (Å²) in [4.78, 5) is 11.7. The minimum absolute atomic E-state index is 0.225. The zero-order chi connectivity index (χ0) is 26.3. The van der Waals surface area contributed by atoms with Crippen LogP contribution in [0, 0.1) is 5.82 Å². The summed E-state index contributed by atoms with van der Waals surface area (Å²) in [6.45, 7) is 0.532. The van der Waals surface area contributed by atoms with Crippen LogP contribution in [0.3, 0.4) is 0 Å². The Labute approximate surface area is 223 Å².